The first-order valence-corrected chi connectivity index (χ1v) is 6.50. The van der Waals surface area contributed by atoms with Crippen molar-refractivity contribution in [3.63, 3.8) is 0 Å². The molecule has 16 heavy (non-hydrogen) atoms. The summed E-state index contributed by atoms with van der Waals surface area (Å²) in [5, 5.41) is 0. The maximum Gasteiger partial charge on any atom is -0.000959 e. The first kappa shape index (κ1) is 18.3. The summed E-state index contributed by atoms with van der Waals surface area (Å²) < 4.78 is 0. The average molecular weight is 231 g/mol. The van der Waals surface area contributed by atoms with Crippen LogP contribution in [-0.2, 0) is 0 Å². The molecule has 0 spiro atoms. The molecule has 0 radical (unpaired) electrons. The molecule has 3 nitrogen and oxygen atoms in total. The van der Waals surface area contributed by atoms with E-state index in [0.717, 1.165) is 0 Å². The molecule has 0 fully saturated rings. The maximum absolute atomic E-state index is 2.42. The van der Waals surface area contributed by atoms with Gasteiger partial charge in [-0.2, -0.15) is 0 Å². The van der Waals surface area contributed by atoms with Gasteiger partial charge in [0.15, 0.2) is 0 Å². The smallest absolute Gasteiger partial charge is 0.000959 e. The molecule has 0 saturated heterocycles. The highest BCUT2D eigenvalue weighted by Gasteiger charge is 1.99. The SMILES string of the molecule is CC.CN(C)CCCN(C)CCCN(C)C. The highest BCUT2D eigenvalue weighted by molar-refractivity contribution is 4.55. The monoisotopic (exact) mass is 231 g/mol. The van der Waals surface area contributed by atoms with Gasteiger partial charge in [-0.1, -0.05) is 13.8 Å². The lowest BCUT2D eigenvalue weighted by Gasteiger charge is -2.19. The lowest BCUT2D eigenvalue weighted by molar-refractivity contribution is 0.281. The van der Waals surface area contributed by atoms with Crippen molar-refractivity contribution in [1.82, 2.24) is 14.7 Å². The Kier molecular flexibility index (Phi) is 14.8. The highest BCUT2D eigenvalue weighted by atomic mass is 15.1. The van der Waals surface area contributed by atoms with Gasteiger partial charge in [0.25, 0.3) is 0 Å². The molecule has 0 rings (SSSR count). The van der Waals surface area contributed by atoms with Gasteiger partial charge in [-0.05, 0) is 74.3 Å². The van der Waals surface area contributed by atoms with Gasteiger partial charge in [-0.3, -0.25) is 0 Å². The van der Waals surface area contributed by atoms with E-state index >= 15 is 0 Å². The Balaban J connectivity index is 0. The molecule has 0 bridgehead atoms. The lowest BCUT2D eigenvalue weighted by Crippen LogP contribution is -2.26. The zero-order valence-corrected chi connectivity index (χ0v) is 12.6. The van der Waals surface area contributed by atoms with E-state index in [-0.39, 0.29) is 0 Å². The molecule has 100 valence electrons. The van der Waals surface area contributed by atoms with Crippen molar-refractivity contribution >= 4 is 0 Å². The molecule has 0 atom stereocenters. The van der Waals surface area contributed by atoms with Crippen LogP contribution in [0.4, 0.5) is 0 Å². The summed E-state index contributed by atoms with van der Waals surface area (Å²) in [6.07, 6.45) is 2.54. The predicted molar refractivity (Wildman–Crippen MR) is 75.2 cm³/mol. The molecule has 0 heterocycles. The summed E-state index contributed by atoms with van der Waals surface area (Å²) >= 11 is 0. The third kappa shape index (κ3) is 16.3. The van der Waals surface area contributed by atoms with E-state index in [1.54, 1.807) is 0 Å². The zero-order valence-electron chi connectivity index (χ0n) is 12.6. The van der Waals surface area contributed by atoms with Crippen molar-refractivity contribution in [2.45, 2.75) is 26.7 Å². The molecular formula is C13H33N3. The Bertz CT molecular complexity index is 110. The lowest BCUT2D eigenvalue weighted by atomic mass is 10.3. The van der Waals surface area contributed by atoms with E-state index in [2.05, 4.69) is 49.9 Å². The summed E-state index contributed by atoms with van der Waals surface area (Å²) in [7, 11) is 10.7. The molecule has 0 aliphatic rings. The van der Waals surface area contributed by atoms with Crippen LogP contribution >= 0.6 is 0 Å². The fourth-order valence-corrected chi connectivity index (χ4v) is 1.43. The summed E-state index contributed by atoms with van der Waals surface area (Å²) in [4.78, 5) is 6.91. The molecular weight excluding hydrogens is 198 g/mol. The molecule has 0 unspecified atom stereocenters. The Hall–Kier alpha value is -0.120. The van der Waals surface area contributed by atoms with Gasteiger partial charge in [0.1, 0.15) is 0 Å². The summed E-state index contributed by atoms with van der Waals surface area (Å²) in [6, 6.07) is 0. The first-order valence-electron chi connectivity index (χ1n) is 6.50. The average Bonchev–Trinajstić information content (AvgIpc) is 2.19. The Morgan fingerprint density at radius 1 is 0.562 bits per heavy atom. The van der Waals surface area contributed by atoms with Gasteiger partial charge in [0, 0.05) is 0 Å². The topological polar surface area (TPSA) is 9.72 Å². The Labute approximate surface area is 103 Å². The number of hydrogen-bond donors (Lipinski definition) is 0. The number of nitrogens with zero attached hydrogens (tertiary/aromatic N) is 3. The highest BCUT2D eigenvalue weighted by Crippen LogP contribution is 1.92. The normalized spacial score (nSPS) is 10.9. The minimum atomic E-state index is 1.19. The van der Waals surface area contributed by atoms with E-state index in [9.17, 15) is 0 Å². The van der Waals surface area contributed by atoms with Crippen molar-refractivity contribution in [2.24, 2.45) is 0 Å². The molecule has 0 saturated carbocycles. The van der Waals surface area contributed by atoms with Gasteiger partial charge in [-0.25, -0.2) is 0 Å². The van der Waals surface area contributed by atoms with E-state index in [0.29, 0.717) is 0 Å². The quantitative estimate of drug-likeness (QED) is 0.631. The predicted octanol–water partition coefficient (Wildman–Crippen LogP) is 1.85. The van der Waals surface area contributed by atoms with Crippen LogP contribution in [0.1, 0.15) is 26.7 Å². The van der Waals surface area contributed by atoms with Crippen LogP contribution in [0.5, 0.6) is 0 Å². The largest absolute Gasteiger partial charge is 0.309 e. The van der Waals surface area contributed by atoms with Crippen LogP contribution in [0, 0.1) is 0 Å². The molecule has 0 N–H and O–H groups in total. The first-order chi connectivity index (χ1) is 7.52. The standard InChI is InChI=1S/C11H27N3.C2H6/c1-12(2)8-6-10-14(5)11-7-9-13(3)4;1-2/h6-11H2,1-5H3;1-2H3. The van der Waals surface area contributed by atoms with Gasteiger partial charge >= 0.3 is 0 Å². The second-order valence-electron chi connectivity index (χ2n) is 4.62. The Morgan fingerprint density at radius 3 is 1.12 bits per heavy atom. The Morgan fingerprint density at radius 2 is 0.875 bits per heavy atom. The van der Waals surface area contributed by atoms with Crippen molar-refractivity contribution < 1.29 is 0 Å². The summed E-state index contributed by atoms with van der Waals surface area (Å²) in [6.45, 7) is 8.81. The molecule has 3 heteroatoms. The molecule has 0 aliphatic heterocycles. The molecule has 0 aromatic heterocycles. The van der Waals surface area contributed by atoms with E-state index in [4.69, 9.17) is 0 Å². The third-order valence-electron chi connectivity index (χ3n) is 2.29. The van der Waals surface area contributed by atoms with E-state index < -0.39 is 0 Å². The van der Waals surface area contributed by atoms with Gasteiger partial charge < -0.3 is 14.7 Å². The van der Waals surface area contributed by atoms with E-state index in [1.807, 2.05) is 13.8 Å². The van der Waals surface area contributed by atoms with Gasteiger partial charge in [0.2, 0.25) is 0 Å². The second kappa shape index (κ2) is 12.9. The summed E-state index contributed by atoms with van der Waals surface area (Å²) in [5.74, 6) is 0. The van der Waals surface area contributed by atoms with Crippen LogP contribution in [0.3, 0.4) is 0 Å². The van der Waals surface area contributed by atoms with Crippen molar-refractivity contribution in [2.75, 3.05) is 61.4 Å². The van der Waals surface area contributed by atoms with Crippen molar-refractivity contribution in [3.8, 4) is 0 Å². The molecule has 0 aromatic carbocycles. The van der Waals surface area contributed by atoms with E-state index in [1.165, 1.54) is 39.0 Å². The molecule has 0 aliphatic carbocycles. The van der Waals surface area contributed by atoms with Crippen LogP contribution in [-0.4, -0.2) is 76.1 Å². The van der Waals surface area contributed by atoms with Crippen LogP contribution in [0.2, 0.25) is 0 Å². The van der Waals surface area contributed by atoms with Crippen LogP contribution in [0.15, 0.2) is 0 Å². The molecule has 0 amide bonds. The maximum atomic E-state index is 2.42. The fourth-order valence-electron chi connectivity index (χ4n) is 1.43. The van der Waals surface area contributed by atoms with Crippen LogP contribution in [0.25, 0.3) is 0 Å². The second-order valence-corrected chi connectivity index (χ2v) is 4.62. The fraction of sp³-hybridized carbons (Fsp3) is 1.00. The number of rotatable bonds is 8. The number of hydrogen-bond acceptors (Lipinski definition) is 3. The van der Waals surface area contributed by atoms with Crippen molar-refractivity contribution in [1.29, 1.82) is 0 Å². The third-order valence-corrected chi connectivity index (χ3v) is 2.29. The van der Waals surface area contributed by atoms with Gasteiger partial charge in [-0.15, -0.1) is 0 Å². The minimum Gasteiger partial charge on any atom is -0.309 e. The molecule has 0 aromatic rings. The van der Waals surface area contributed by atoms with Gasteiger partial charge in [0.05, 0.1) is 0 Å². The van der Waals surface area contributed by atoms with Crippen molar-refractivity contribution in [3.05, 3.63) is 0 Å². The summed E-state index contributed by atoms with van der Waals surface area (Å²) in [5.41, 5.74) is 0. The zero-order chi connectivity index (χ0) is 13.0. The minimum absolute atomic E-state index is 1.19. The van der Waals surface area contributed by atoms with Crippen LogP contribution < -0.4 is 0 Å².